The summed E-state index contributed by atoms with van der Waals surface area (Å²) < 4.78 is 38.9. The van der Waals surface area contributed by atoms with Crippen molar-refractivity contribution in [2.75, 3.05) is 6.54 Å². The average Bonchev–Trinajstić information content (AvgIpc) is 2.71. The largest absolute Gasteiger partial charge is 0.416 e. The summed E-state index contributed by atoms with van der Waals surface area (Å²) in [6.45, 7) is 0.0613. The van der Waals surface area contributed by atoms with Gasteiger partial charge in [-0.3, -0.25) is 4.79 Å². The van der Waals surface area contributed by atoms with Crippen molar-refractivity contribution >= 4 is 5.78 Å². The molecule has 1 aromatic rings. The van der Waals surface area contributed by atoms with Gasteiger partial charge in [0.15, 0.2) is 0 Å². The van der Waals surface area contributed by atoms with E-state index in [9.17, 15) is 18.0 Å². The third kappa shape index (κ3) is 2.14. The maximum Gasteiger partial charge on any atom is 0.416 e. The van der Waals surface area contributed by atoms with E-state index in [0.29, 0.717) is 12.8 Å². The van der Waals surface area contributed by atoms with Crippen molar-refractivity contribution < 1.29 is 18.0 Å². The Morgan fingerprint density at radius 3 is 2.44 bits per heavy atom. The molecular formula is C13H14F3NO. The molecule has 0 radical (unpaired) electrons. The second-order valence-corrected chi connectivity index (χ2v) is 4.74. The normalized spacial score (nSPS) is 24.6. The predicted octanol–water partition coefficient (Wildman–Crippen LogP) is 2.65. The van der Waals surface area contributed by atoms with Gasteiger partial charge in [-0.1, -0.05) is 18.2 Å². The molecule has 1 fully saturated rings. The summed E-state index contributed by atoms with van der Waals surface area (Å²) in [6, 6.07) is 5.40. The number of Topliss-reactive ketones (excluding diaryl/α,β-unsaturated/α-hetero) is 1. The number of rotatable bonds is 2. The molecule has 18 heavy (non-hydrogen) atoms. The molecule has 0 aliphatic heterocycles. The lowest BCUT2D eigenvalue weighted by Crippen LogP contribution is -2.34. The molecule has 98 valence electrons. The molecular weight excluding hydrogens is 243 g/mol. The van der Waals surface area contributed by atoms with Gasteiger partial charge in [0.1, 0.15) is 5.78 Å². The molecule has 1 unspecified atom stereocenters. The van der Waals surface area contributed by atoms with Gasteiger partial charge < -0.3 is 5.73 Å². The fourth-order valence-electron chi connectivity index (χ4n) is 2.64. The first kappa shape index (κ1) is 13.1. The third-order valence-corrected chi connectivity index (χ3v) is 3.61. The van der Waals surface area contributed by atoms with Gasteiger partial charge in [-0.05, 0) is 18.1 Å². The van der Waals surface area contributed by atoms with E-state index in [2.05, 4.69) is 0 Å². The minimum absolute atomic E-state index is 0.0163. The van der Waals surface area contributed by atoms with Gasteiger partial charge in [-0.15, -0.1) is 0 Å². The van der Waals surface area contributed by atoms with Crippen LogP contribution in [0.2, 0.25) is 0 Å². The molecule has 0 saturated heterocycles. The Hall–Kier alpha value is -1.36. The van der Waals surface area contributed by atoms with Gasteiger partial charge in [0, 0.05) is 24.8 Å². The molecule has 1 atom stereocenters. The molecule has 2 nitrogen and oxygen atoms in total. The quantitative estimate of drug-likeness (QED) is 0.885. The fourth-order valence-corrected chi connectivity index (χ4v) is 2.64. The molecule has 0 heterocycles. The van der Waals surface area contributed by atoms with E-state index in [1.807, 2.05) is 0 Å². The second-order valence-electron chi connectivity index (χ2n) is 4.74. The van der Waals surface area contributed by atoms with Crippen LogP contribution in [0, 0.1) is 0 Å². The van der Waals surface area contributed by atoms with Crippen LogP contribution in [0.3, 0.4) is 0 Å². The van der Waals surface area contributed by atoms with Gasteiger partial charge in [-0.25, -0.2) is 0 Å². The summed E-state index contributed by atoms with van der Waals surface area (Å²) in [5.74, 6) is -0.0163. The maximum absolute atomic E-state index is 13.0. The lowest BCUT2D eigenvalue weighted by atomic mass is 9.76. The van der Waals surface area contributed by atoms with Crippen LogP contribution >= 0.6 is 0 Å². The van der Waals surface area contributed by atoms with Gasteiger partial charge in [0.25, 0.3) is 0 Å². The monoisotopic (exact) mass is 257 g/mol. The summed E-state index contributed by atoms with van der Waals surface area (Å²) in [5, 5.41) is 0. The number of halogens is 3. The third-order valence-electron chi connectivity index (χ3n) is 3.61. The molecule has 0 aromatic heterocycles. The van der Waals surface area contributed by atoms with Crippen LogP contribution in [0.4, 0.5) is 13.2 Å². The predicted molar refractivity (Wildman–Crippen MR) is 61.0 cm³/mol. The number of alkyl halides is 3. The molecule has 0 bridgehead atoms. The first-order valence-corrected chi connectivity index (χ1v) is 5.77. The standard InChI is InChI=1S/C13H14F3NO/c14-13(15,16)11-4-2-1-3-10(11)12(8-17)6-5-9(18)7-12/h1-4H,5-8,17H2. The Kier molecular flexibility index (Phi) is 3.19. The molecule has 1 aliphatic rings. The highest BCUT2D eigenvalue weighted by atomic mass is 19.4. The van der Waals surface area contributed by atoms with Crippen molar-refractivity contribution in [1.82, 2.24) is 0 Å². The number of hydrogen-bond acceptors (Lipinski definition) is 2. The Bertz CT molecular complexity index is 470. The summed E-state index contributed by atoms with van der Waals surface area (Å²) in [6.07, 6.45) is -3.60. The van der Waals surface area contributed by atoms with Crippen LogP contribution in [0.15, 0.2) is 24.3 Å². The van der Waals surface area contributed by atoms with E-state index in [1.165, 1.54) is 12.1 Å². The van der Waals surface area contributed by atoms with E-state index >= 15 is 0 Å². The average molecular weight is 257 g/mol. The minimum Gasteiger partial charge on any atom is -0.330 e. The van der Waals surface area contributed by atoms with Crippen molar-refractivity contribution in [3.63, 3.8) is 0 Å². The summed E-state index contributed by atoms with van der Waals surface area (Å²) in [5.41, 5.74) is 4.29. The lowest BCUT2D eigenvalue weighted by molar-refractivity contribution is -0.139. The zero-order valence-electron chi connectivity index (χ0n) is 9.76. The van der Waals surface area contributed by atoms with Crippen LogP contribution in [0.25, 0.3) is 0 Å². The fraction of sp³-hybridized carbons (Fsp3) is 0.462. The zero-order valence-corrected chi connectivity index (χ0v) is 9.76. The summed E-state index contributed by atoms with van der Waals surface area (Å²) in [4.78, 5) is 11.4. The van der Waals surface area contributed by atoms with Crippen molar-refractivity contribution in [3.8, 4) is 0 Å². The number of benzene rings is 1. The molecule has 2 rings (SSSR count). The number of carbonyl (C=O) groups is 1. The number of ketones is 1. The van der Waals surface area contributed by atoms with Gasteiger partial charge in [0.2, 0.25) is 0 Å². The van der Waals surface area contributed by atoms with Crippen LogP contribution in [0.5, 0.6) is 0 Å². The molecule has 1 aromatic carbocycles. The smallest absolute Gasteiger partial charge is 0.330 e. The van der Waals surface area contributed by atoms with Crippen molar-refractivity contribution in [1.29, 1.82) is 0 Å². The lowest BCUT2D eigenvalue weighted by Gasteiger charge is -2.30. The number of hydrogen-bond donors (Lipinski definition) is 1. The second kappa shape index (κ2) is 4.39. The van der Waals surface area contributed by atoms with Crippen LogP contribution < -0.4 is 5.73 Å². The topological polar surface area (TPSA) is 43.1 Å². The van der Waals surface area contributed by atoms with Gasteiger partial charge >= 0.3 is 6.18 Å². The van der Waals surface area contributed by atoms with Crippen LogP contribution in [0.1, 0.15) is 30.4 Å². The highest BCUT2D eigenvalue weighted by Gasteiger charge is 2.44. The molecule has 0 amide bonds. The number of nitrogens with two attached hydrogens (primary N) is 1. The molecule has 2 N–H and O–H groups in total. The van der Waals surface area contributed by atoms with Gasteiger partial charge in [-0.2, -0.15) is 13.2 Å². The summed E-state index contributed by atoms with van der Waals surface area (Å²) in [7, 11) is 0. The van der Waals surface area contributed by atoms with E-state index in [0.717, 1.165) is 6.07 Å². The maximum atomic E-state index is 13.0. The Morgan fingerprint density at radius 1 is 1.28 bits per heavy atom. The van der Waals surface area contributed by atoms with Crippen molar-refractivity contribution in [2.45, 2.75) is 30.9 Å². The van der Waals surface area contributed by atoms with Crippen molar-refractivity contribution in [2.24, 2.45) is 5.73 Å². The SMILES string of the molecule is NCC1(c2ccccc2C(F)(F)F)CCC(=O)C1. The van der Waals surface area contributed by atoms with E-state index in [4.69, 9.17) is 5.73 Å². The molecule has 1 saturated carbocycles. The molecule has 1 aliphatic carbocycles. The van der Waals surface area contributed by atoms with Crippen LogP contribution in [-0.2, 0) is 16.4 Å². The van der Waals surface area contributed by atoms with Gasteiger partial charge in [0.05, 0.1) is 5.56 Å². The number of carbonyl (C=O) groups excluding carboxylic acids is 1. The zero-order chi connectivity index (χ0) is 13.4. The molecule has 0 spiro atoms. The molecule has 5 heteroatoms. The van der Waals surface area contributed by atoms with Crippen molar-refractivity contribution in [3.05, 3.63) is 35.4 Å². The minimum atomic E-state index is -4.41. The first-order valence-electron chi connectivity index (χ1n) is 5.77. The van der Waals surface area contributed by atoms with E-state index in [-0.39, 0.29) is 24.3 Å². The summed E-state index contributed by atoms with van der Waals surface area (Å²) >= 11 is 0. The van der Waals surface area contributed by atoms with E-state index in [1.54, 1.807) is 6.07 Å². The van der Waals surface area contributed by atoms with Crippen LogP contribution in [-0.4, -0.2) is 12.3 Å². The highest BCUT2D eigenvalue weighted by Crippen LogP contribution is 2.44. The van der Waals surface area contributed by atoms with E-state index < -0.39 is 17.2 Å². The first-order chi connectivity index (χ1) is 8.39. The highest BCUT2D eigenvalue weighted by molar-refractivity contribution is 5.83. The Morgan fingerprint density at radius 2 is 1.94 bits per heavy atom. The Balaban J connectivity index is 2.53. The Labute approximate surface area is 103 Å².